The number of methoxy groups -OCH3 is 1. The van der Waals surface area contributed by atoms with Crippen LogP contribution in [0.25, 0.3) is 11.0 Å². The summed E-state index contributed by atoms with van der Waals surface area (Å²) in [4.78, 5) is 23.2. The monoisotopic (exact) mass is 521 g/mol. The number of halogens is 1. The largest absolute Gasteiger partial charge is 0.497 e. The number of piperidine rings is 1. The molecule has 1 aliphatic rings. The maximum atomic E-state index is 12.2. The molecule has 0 aliphatic carbocycles. The molecule has 2 atom stereocenters. The van der Waals surface area contributed by atoms with Gasteiger partial charge in [-0.05, 0) is 36.1 Å². The Kier molecular flexibility index (Phi) is 6.95. The Morgan fingerprint density at radius 1 is 1.38 bits per heavy atom. The molecule has 1 amide bonds. The van der Waals surface area contributed by atoms with Crippen molar-refractivity contribution in [2.75, 3.05) is 30.8 Å². The second-order valence-electron chi connectivity index (χ2n) is 9.04. The summed E-state index contributed by atoms with van der Waals surface area (Å²) in [6.07, 6.45) is 5.79. The van der Waals surface area contributed by atoms with E-state index in [0.29, 0.717) is 53.5 Å². The molecule has 4 aromatic rings. The number of likely N-dealkylation sites (tertiary alicyclic amines) is 1. The normalized spacial score (nSPS) is 17.5. The zero-order valence-corrected chi connectivity index (χ0v) is 21.4. The molecule has 12 heteroatoms. The highest BCUT2D eigenvalue weighted by Gasteiger charge is 2.29. The molecule has 1 saturated heterocycles. The van der Waals surface area contributed by atoms with Crippen molar-refractivity contribution in [1.82, 2.24) is 34.8 Å². The lowest BCUT2D eigenvalue weighted by Crippen LogP contribution is -2.48. The molecule has 4 heterocycles. The van der Waals surface area contributed by atoms with Crippen molar-refractivity contribution in [3.8, 4) is 5.75 Å². The van der Waals surface area contributed by atoms with E-state index in [9.17, 15) is 4.79 Å². The number of aromatic nitrogens is 6. The first-order valence-corrected chi connectivity index (χ1v) is 12.3. The minimum atomic E-state index is -0.0822. The summed E-state index contributed by atoms with van der Waals surface area (Å²) >= 11 is 6.39. The number of ether oxygens (including phenoxy) is 1. The fraction of sp³-hybridized carbons (Fsp3) is 0.320. The summed E-state index contributed by atoms with van der Waals surface area (Å²) in [6.45, 7) is 7.58. The van der Waals surface area contributed by atoms with Gasteiger partial charge in [-0.2, -0.15) is 20.2 Å². The molecule has 0 radical (unpaired) electrons. The van der Waals surface area contributed by atoms with Gasteiger partial charge in [-0.25, -0.2) is 0 Å². The number of nitrogens with one attached hydrogen (secondary N) is 3. The third-order valence-corrected chi connectivity index (χ3v) is 6.78. The second kappa shape index (κ2) is 10.5. The van der Waals surface area contributed by atoms with Crippen LogP contribution in [0.3, 0.4) is 0 Å². The number of carbonyl (C=O) groups excluding carboxylic acids is 1. The Morgan fingerprint density at radius 2 is 2.24 bits per heavy atom. The van der Waals surface area contributed by atoms with Gasteiger partial charge in [0.2, 0.25) is 11.9 Å². The Labute approximate surface area is 218 Å². The average Bonchev–Trinajstić information content (AvgIpc) is 3.50. The van der Waals surface area contributed by atoms with Crippen LogP contribution in [0, 0.1) is 5.92 Å². The predicted molar refractivity (Wildman–Crippen MR) is 142 cm³/mol. The van der Waals surface area contributed by atoms with Crippen molar-refractivity contribution in [3.63, 3.8) is 0 Å². The van der Waals surface area contributed by atoms with E-state index in [1.54, 1.807) is 18.2 Å². The predicted octanol–water partition coefficient (Wildman–Crippen LogP) is 3.84. The van der Waals surface area contributed by atoms with Gasteiger partial charge in [0.05, 0.1) is 25.5 Å². The van der Waals surface area contributed by atoms with E-state index in [1.165, 1.54) is 6.08 Å². The van der Waals surface area contributed by atoms with Crippen LogP contribution in [-0.2, 0) is 11.3 Å². The first-order chi connectivity index (χ1) is 17.9. The van der Waals surface area contributed by atoms with Crippen LogP contribution >= 0.6 is 11.6 Å². The Hall–Kier alpha value is -4.12. The fourth-order valence-electron chi connectivity index (χ4n) is 4.41. The smallest absolute Gasteiger partial charge is 0.246 e. The number of aromatic amines is 1. The van der Waals surface area contributed by atoms with Crippen molar-refractivity contribution in [3.05, 3.63) is 60.0 Å². The van der Waals surface area contributed by atoms with E-state index in [0.717, 1.165) is 23.4 Å². The van der Waals surface area contributed by atoms with Gasteiger partial charge in [0.1, 0.15) is 22.1 Å². The minimum absolute atomic E-state index is 0.0276. The summed E-state index contributed by atoms with van der Waals surface area (Å²) < 4.78 is 7.12. The Morgan fingerprint density at radius 3 is 3.05 bits per heavy atom. The van der Waals surface area contributed by atoms with Crippen LogP contribution in [-0.4, -0.2) is 67.0 Å². The number of rotatable bonds is 8. The van der Waals surface area contributed by atoms with Gasteiger partial charge >= 0.3 is 0 Å². The standard InChI is InChI=1S/C25H28ClN9O2/c1-4-20(36)34-9-8-15(2)19(14-34)29-23-21-22(26)32-33-24(21)31-25(30-23)28-17-11-27-35(13-17)12-16-6-5-7-18(10-16)37-3/h4-7,10-11,13,15,19H,1,8-9,12,14H2,2-3H3,(H3,28,29,30,31,32,33)/t15-,19+/m1/s1. The van der Waals surface area contributed by atoms with E-state index in [2.05, 4.69) is 44.4 Å². The highest BCUT2D eigenvalue weighted by molar-refractivity contribution is 6.35. The van der Waals surface area contributed by atoms with Gasteiger partial charge in [0, 0.05) is 25.3 Å². The number of nitrogens with zero attached hydrogens (tertiary/aromatic N) is 6. The van der Waals surface area contributed by atoms with Crippen LogP contribution in [0.2, 0.25) is 5.15 Å². The molecule has 0 spiro atoms. The van der Waals surface area contributed by atoms with Gasteiger partial charge in [-0.3, -0.25) is 14.6 Å². The van der Waals surface area contributed by atoms with E-state index in [1.807, 2.05) is 35.1 Å². The third kappa shape index (κ3) is 5.36. The number of anilines is 3. The van der Waals surface area contributed by atoms with Crippen molar-refractivity contribution in [2.24, 2.45) is 5.92 Å². The molecule has 0 unspecified atom stereocenters. The lowest BCUT2D eigenvalue weighted by atomic mass is 9.93. The number of hydrogen-bond acceptors (Lipinski definition) is 8. The number of H-pyrrole nitrogens is 1. The minimum Gasteiger partial charge on any atom is -0.497 e. The summed E-state index contributed by atoms with van der Waals surface area (Å²) in [5.74, 6) is 1.92. The lowest BCUT2D eigenvalue weighted by molar-refractivity contribution is -0.127. The van der Waals surface area contributed by atoms with Gasteiger partial charge in [-0.15, -0.1) is 0 Å². The number of amides is 1. The van der Waals surface area contributed by atoms with Gasteiger partial charge < -0.3 is 20.3 Å². The summed E-state index contributed by atoms with van der Waals surface area (Å²) in [6, 6.07) is 7.82. The maximum absolute atomic E-state index is 12.2. The van der Waals surface area contributed by atoms with Crippen LogP contribution in [0.4, 0.5) is 17.5 Å². The van der Waals surface area contributed by atoms with Gasteiger partial charge in [0.25, 0.3) is 0 Å². The molecule has 1 aliphatic heterocycles. The quantitative estimate of drug-likeness (QED) is 0.299. The van der Waals surface area contributed by atoms with Gasteiger partial charge in [-0.1, -0.05) is 37.2 Å². The molecule has 3 N–H and O–H groups in total. The van der Waals surface area contributed by atoms with E-state index < -0.39 is 0 Å². The zero-order chi connectivity index (χ0) is 25.9. The first-order valence-electron chi connectivity index (χ1n) is 12.0. The maximum Gasteiger partial charge on any atom is 0.246 e. The van der Waals surface area contributed by atoms with E-state index in [4.69, 9.17) is 21.3 Å². The Balaban J connectivity index is 1.37. The lowest BCUT2D eigenvalue weighted by Gasteiger charge is -2.37. The van der Waals surface area contributed by atoms with Crippen molar-refractivity contribution in [1.29, 1.82) is 0 Å². The number of carbonyl (C=O) groups is 1. The van der Waals surface area contributed by atoms with Crippen LogP contribution < -0.4 is 15.4 Å². The van der Waals surface area contributed by atoms with Crippen LogP contribution in [0.15, 0.2) is 49.3 Å². The topological polar surface area (TPSA) is 126 Å². The van der Waals surface area contributed by atoms with Crippen LogP contribution in [0.5, 0.6) is 5.75 Å². The van der Waals surface area contributed by atoms with Crippen molar-refractivity contribution in [2.45, 2.75) is 25.9 Å². The number of hydrogen-bond donors (Lipinski definition) is 3. The molecule has 1 aromatic carbocycles. The van der Waals surface area contributed by atoms with E-state index in [-0.39, 0.29) is 11.9 Å². The SMILES string of the molecule is C=CC(=O)N1CC[C@@H](C)[C@@H](Nc2nc(Nc3cnn(Cc4cccc(OC)c4)c3)nc3n[nH]c(Cl)c23)C1. The summed E-state index contributed by atoms with van der Waals surface area (Å²) in [5.41, 5.74) is 2.22. The summed E-state index contributed by atoms with van der Waals surface area (Å²) in [7, 11) is 1.65. The molecule has 0 bridgehead atoms. The van der Waals surface area contributed by atoms with Crippen molar-refractivity contribution < 1.29 is 9.53 Å². The fourth-order valence-corrected chi connectivity index (χ4v) is 4.63. The molecular weight excluding hydrogens is 494 g/mol. The molecule has 192 valence electrons. The molecule has 0 saturated carbocycles. The molecule has 11 nitrogen and oxygen atoms in total. The highest BCUT2D eigenvalue weighted by atomic mass is 35.5. The molecule has 1 fully saturated rings. The average molecular weight is 522 g/mol. The molecule has 37 heavy (non-hydrogen) atoms. The second-order valence-corrected chi connectivity index (χ2v) is 9.42. The molecular formula is C25H28ClN9O2. The molecule has 3 aromatic heterocycles. The first kappa shape index (κ1) is 24.6. The highest BCUT2D eigenvalue weighted by Crippen LogP contribution is 2.30. The number of benzene rings is 1. The van der Waals surface area contributed by atoms with Crippen LogP contribution in [0.1, 0.15) is 18.9 Å². The van der Waals surface area contributed by atoms with Gasteiger partial charge in [0.15, 0.2) is 5.65 Å². The third-order valence-electron chi connectivity index (χ3n) is 6.50. The van der Waals surface area contributed by atoms with Crippen molar-refractivity contribution >= 4 is 46.0 Å². The molecule has 5 rings (SSSR count). The summed E-state index contributed by atoms with van der Waals surface area (Å²) in [5, 5.41) is 19.1. The Bertz CT molecular complexity index is 1430. The van der Waals surface area contributed by atoms with E-state index >= 15 is 0 Å². The zero-order valence-electron chi connectivity index (χ0n) is 20.6. The number of fused-ring (bicyclic) bond motifs is 1.